The van der Waals surface area contributed by atoms with E-state index >= 15 is 4.39 Å². The second kappa shape index (κ2) is 8.86. The molecule has 3 aromatic rings. The van der Waals surface area contributed by atoms with Crippen LogP contribution in [0.3, 0.4) is 0 Å². The molecule has 1 saturated heterocycles. The number of anilines is 1. The molecule has 1 saturated carbocycles. The maximum absolute atomic E-state index is 15.1. The van der Waals surface area contributed by atoms with E-state index in [-0.39, 0.29) is 30.9 Å². The molecule has 3 N–H and O–H groups in total. The van der Waals surface area contributed by atoms with Crippen molar-refractivity contribution in [1.29, 1.82) is 0 Å². The minimum absolute atomic E-state index is 0.181. The Morgan fingerprint density at radius 1 is 1.06 bits per heavy atom. The largest absolute Gasteiger partial charge is 0.389 e. The number of aliphatic hydroxyl groups excluding tert-OH is 2. The minimum atomic E-state index is -1.34. The van der Waals surface area contributed by atoms with Crippen LogP contribution in [0.15, 0.2) is 29.2 Å². The van der Waals surface area contributed by atoms with E-state index in [9.17, 15) is 33.0 Å². The second-order valence-electron chi connectivity index (χ2n) is 9.26. The number of carbonyl (C=O) groups excluding carboxylic acids is 1. The van der Waals surface area contributed by atoms with Gasteiger partial charge in [0, 0.05) is 37.5 Å². The van der Waals surface area contributed by atoms with Crippen molar-refractivity contribution in [3.05, 3.63) is 63.5 Å². The Balaban J connectivity index is 1.74. The Kier molecular flexibility index (Phi) is 5.95. The first-order valence-corrected chi connectivity index (χ1v) is 11.4. The summed E-state index contributed by atoms with van der Waals surface area (Å²) in [6.07, 6.45) is 0.341. The Morgan fingerprint density at radius 3 is 2.25 bits per heavy atom. The number of amides is 1. The highest BCUT2D eigenvalue weighted by molar-refractivity contribution is 5.97. The van der Waals surface area contributed by atoms with Gasteiger partial charge in [-0.15, -0.1) is 0 Å². The summed E-state index contributed by atoms with van der Waals surface area (Å²) in [5.74, 6) is -5.81. The average molecular weight is 506 g/mol. The molecule has 5 rings (SSSR count). The second-order valence-corrected chi connectivity index (χ2v) is 9.26. The van der Waals surface area contributed by atoms with Crippen LogP contribution in [-0.4, -0.2) is 57.0 Å². The number of β-amino-alcohol motifs (C(OH)–C–C–N with tert-alkyl or cyclic N) is 2. The number of pyridine rings is 2. The van der Waals surface area contributed by atoms with E-state index in [1.54, 1.807) is 6.92 Å². The molecule has 1 amide bonds. The van der Waals surface area contributed by atoms with Gasteiger partial charge in [0.25, 0.3) is 5.91 Å². The lowest BCUT2D eigenvalue weighted by Gasteiger charge is -2.20. The smallest absolute Gasteiger partial charge is 0.257 e. The van der Waals surface area contributed by atoms with Crippen molar-refractivity contribution < 1.29 is 32.6 Å². The van der Waals surface area contributed by atoms with Gasteiger partial charge in [-0.1, -0.05) is 0 Å². The van der Waals surface area contributed by atoms with Gasteiger partial charge in [0.05, 0.1) is 17.6 Å². The lowest BCUT2D eigenvalue weighted by atomic mass is 10.1. The highest BCUT2D eigenvalue weighted by atomic mass is 19.1. The first kappa shape index (κ1) is 24.2. The number of benzene rings is 1. The Morgan fingerprint density at radius 2 is 1.67 bits per heavy atom. The van der Waals surface area contributed by atoms with Gasteiger partial charge >= 0.3 is 0 Å². The van der Waals surface area contributed by atoms with Crippen LogP contribution < -0.4 is 15.6 Å². The van der Waals surface area contributed by atoms with Crippen LogP contribution in [0.5, 0.6) is 0 Å². The summed E-state index contributed by atoms with van der Waals surface area (Å²) < 4.78 is 59.1. The number of halogens is 4. The SMILES string of the molecule is CC(NC(=O)c1cn(-c2c(F)cc(F)cc2F)c2nc(N3C[C@@H](O)[C@H](O)C3)c(F)cc2c1=O)C1CC1. The zero-order valence-electron chi connectivity index (χ0n) is 19.0. The molecule has 0 spiro atoms. The molecule has 2 fully saturated rings. The number of hydrogen-bond donors (Lipinski definition) is 3. The fourth-order valence-corrected chi connectivity index (χ4v) is 4.47. The third-order valence-corrected chi connectivity index (χ3v) is 6.63. The molecule has 190 valence electrons. The molecule has 0 bridgehead atoms. The number of hydrogen-bond acceptors (Lipinski definition) is 6. The maximum Gasteiger partial charge on any atom is 0.257 e. The summed E-state index contributed by atoms with van der Waals surface area (Å²) in [7, 11) is 0. The first-order chi connectivity index (χ1) is 17.0. The lowest BCUT2D eigenvalue weighted by Crippen LogP contribution is -2.37. The Hall–Kier alpha value is -3.51. The zero-order chi connectivity index (χ0) is 25.9. The van der Waals surface area contributed by atoms with Crippen LogP contribution in [0.2, 0.25) is 0 Å². The Labute approximate surface area is 201 Å². The molecule has 1 unspecified atom stereocenters. The molecule has 8 nitrogen and oxygen atoms in total. The number of aliphatic hydroxyl groups is 2. The van der Waals surface area contributed by atoms with Gasteiger partial charge in [0.1, 0.15) is 17.1 Å². The van der Waals surface area contributed by atoms with Gasteiger partial charge in [-0.05, 0) is 31.7 Å². The van der Waals surface area contributed by atoms with E-state index in [0.29, 0.717) is 12.1 Å². The summed E-state index contributed by atoms with van der Waals surface area (Å²) in [4.78, 5) is 31.5. The Bertz CT molecular complexity index is 1410. The third kappa shape index (κ3) is 4.20. The topological polar surface area (TPSA) is 108 Å². The first-order valence-electron chi connectivity index (χ1n) is 11.4. The monoisotopic (exact) mass is 506 g/mol. The molecule has 2 aromatic heterocycles. The number of carbonyl (C=O) groups is 1. The van der Waals surface area contributed by atoms with Crippen molar-refractivity contribution in [2.45, 2.75) is 38.0 Å². The fourth-order valence-electron chi connectivity index (χ4n) is 4.47. The van der Waals surface area contributed by atoms with Crippen LogP contribution >= 0.6 is 0 Å². The van der Waals surface area contributed by atoms with Crippen molar-refractivity contribution in [3.63, 3.8) is 0 Å². The molecule has 36 heavy (non-hydrogen) atoms. The molecule has 0 radical (unpaired) electrons. The highest BCUT2D eigenvalue weighted by Gasteiger charge is 2.33. The van der Waals surface area contributed by atoms with Gasteiger partial charge in [-0.2, -0.15) is 0 Å². The van der Waals surface area contributed by atoms with Gasteiger partial charge in [0.2, 0.25) is 5.43 Å². The van der Waals surface area contributed by atoms with Crippen LogP contribution in [0.4, 0.5) is 23.4 Å². The predicted molar refractivity (Wildman–Crippen MR) is 121 cm³/mol. The zero-order valence-corrected chi connectivity index (χ0v) is 19.0. The third-order valence-electron chi connectivity index (χ3n) is 6.63. The summed E-state index contributed by atoms with van der Waals surface area (Å²) in [5.41, 5.74) is -2.64. The molecule has 1 aliphatic heterocycles. The molecule has 3 heterocycles. The van der Waals surface area contributed by atoms with Crippen molar-refractivity contribution in [2.75, 3.05) is 18.0 Å². The van der Waals surface area contributed by atoms with Gasteiger partial charge < -0.3 is 20.4 Å². The van der Waals surface area contributed by atoms with Gasteiger partial charge in [0.15, 0.2) is 28.9 Å². The predicted octanol–water partition coefficient (Wildman–Crippen LogP) is 2.01. The number of nitrogens with zero attached hydrogens (tertiary/aromatic N) is 3. The normalized spacial score (nSPS) is 20.7. The number of aromatic nitrogens is 2. The molecule has 2 aliphatic rings. The molecular weight excluding hydrogens is 484 g/mol. The molecule has 1 aliphatic carbocycles. The fraction of sp³-hybridized carbons (Fsp3) is 0.375. The summed E-state index contributed by atoms with van der Waals surface area (Å²) in [5, 5.41) is 21.9. The number of nitrogens with one attached hydrogen (secondary N) is 1. The van der Waals surface area contributed by atoms with Crippen molar-refractivity contribution in [2.24, 2.45) is 5.92 Å². The molecule has 12 heteroatoms. The highest BCUT2D eigenvalue weighted by Crippen LogP contribution is 2.32. The number of rotatable bonds is 5. The standard InChI is InChI=1S/C24H22F4N4O4/c1-10(11-2-3-11)29-24(36)14-7-32(20-15(26)4-12(25)5-16(20)27)22-13(21(14)35)6-17(28)23(30-22)31-8-18(33)19(34)9-31/h4-7,10-11,18-19,33-34H,2-3,8-9H2,1H3,(H,29,36)/t10?,18-,19-/m1/s1. The van der Waals surface area contributed by atoms with Crippen LogP contribution in [0, 0.1) is 29.2 Å². The quantitative estimate of drug-likeness (QED) is 0.457. The summed E-state index contributed by atoms with van der Waals surface area (Å²) in [6, 6.07) is 1.38. The van der Waals surface area contributed by atoms with Crippen molar-refractivity contribution in [3.8, 4) is 5.69 Å². The van der Waals surface area contributed by atoms with E-state index in [1.807, 2.05) is 0 Å². The van der Waals surface area contributed by atoms with Crippen LogP contribution in [0.1, 0.15) is 30.1 Å². The van der Waals surface area contributed by atoms with E-state index in [0.717, 1.165) is 29.7 Å². The van der Waals surface area contributed by atoms with E-state index in [2.05, 4.69) is 10.3 Å². The average Bonchev–Trinajstić information content (AvgIpc) is 3.59. The maximum atomic E-state index is 15.1. The molecular formula is C24H22F4N4O4. The lowest BCUT2D eigenvalue weighted by molar-refractivity contribution is 0.0572. The van der Waals surface area contributed by atoms with Crippen LogP contribution in [0.25, 0.3) is 16.7 Å². The van der Waals surface area contributed by atoms with Crippen LogP contribution in [-0.2, 0) is 0 Å². The molecule has 3 atom stereocenters. The van der Waals surface area contributed by atoms with E-state index in [1.165, 1.54) is 4.90 Å². The van der Waals surface area contributed by atoms with Gasteiger partial charge in [-0.25, -0.2) is 22.5 Å². The molecule has 1 aromatic carbocycles. The van der Waals surface area contributed by atoms with Crippen molar-refractivity contribution >= 4 is 22.8 Å². The summed E-state index contributed by atoms with van der Waals surface area (Å²) in [6.45, 7) is 1.40. The van der Waals surface area contributed by atoms with Crippen molar-refractivity contribution in [1.82, 2.24) is 14.9 Å². The number of fused-ring (bicyclic) bond motifs is 1. The van der Waals surface area contributed by atoms with E-state index in [4.69, 9.17) is 0 Å². The van der Waals surface area contributed by atoms with Gasteiger partial charge in [-0.3, -0.25) is 14.2 Å². The van der Waals surface area contributed by atoms with E-state index < -0.39 is 69.1 Å². The summed E-state index contributed by atoms with van der Waals surface area (Å²) >= 11 is 0. The minimum Gasteiger partial charge on any atom is -0.389 e.